The van der Waals surface area contributed by atoms with Gasteiger partial charge in [-0.25, -0.2) is 13.1 Å². The maximum Gasteiger partial charge on any atom is 0.240 e. The first kappa shape index (κ1) is 16.4. The van der Waals surface area contributed by atoms with Crippen molar-refractivity contribution >= 4 is 10.0 Å². The van der Waals surface area contributed by atoms with E-state index >= 15 is 0 Å². The van der Waals surface area contributed by atoms with E-state index in [0.29, 0.717) is 18.0 Å². The Morgan fingerprint density at radius 1 is 1.33 bits per heavy atom. The molecule has 3 atom stereocenters. The van der Waals surface area contributed by atoms with E-state index in [1.54, 1.807) is 12.1 Å². The molecule has 1 aromatic rings. The fraction of sp³-hybridized carbons (Fsp3) is 0.600. The summed E-state index contributed by atoms with van der Waals surface area (Å²) in [6, 6.07) is 7.19. The Morgan fingerprint density at radius 2 is 2.00 bits per heavy atom. The number of rotatable bonds is 6. The molecule has 1 fully saturated rings. The number of nitrogens with one attached hydrogen (secondary N) is 2. The van der Waals surface area contributed by atoms with Gasteiger partial charge in [-0.2, -0.15) is 0 Å². The zero-order chi connectivity index (χ0) is 15.5. The van der Waals surface area contributed by atoms with Crippen LogP contribution in [0.5, 0.6) is 0 Å². The second-order valence-corrected chi connectivity index (χ2v) is 7.32. The predicted octanol–water partition coefficient (Wildman–Crippen LogP) is 1.67. The van der Waals surface area contributed by atoms with E-state index in [2.05, 4.69) is 10.0 Å². The molecule has 0 saturated carbocycles. The minimum absolute atomic E-state index is 0.117. The Bertz CT molecular complexity index is 557. The summed E-state index contributed by atoms with van der Waals surface area (Å²) in [4.78, 5) is 0.307. The second kappa shape index (κ2) is 6.87. The summed E-state index contributed by atoms with van der Waals surface area (Å²) in [5.41, 5.74) is 1.06. The molecule has 6 heteroatoms. The molecule has 0 radical (unpaired) electrons. The third-order valence-corrected chi connectivity index (χ3v) is 5.63. The molecule has 5 nitrogen and oxygen atoms in total. The molecule has 1 aliphatic heterocycles. The Kier molecular flexibility index (Phi) is 5.37. The summed E-state index contributed by atoms with van der Waals surface area (Å²) in [7, 11) is -1.57. The smallest absolute Gasteiger partial charge is 0.240 e. The lowest BCUT2D eigenvalue weighted by Gasteiger charge is -2.15. The molecule has 2 N–H and O–H groups in total. The molecule has 0 spiro atoms. The van der Waals surface area contributed by atoms with Gasteiger partial charge in [-0.3, -0.25) is 0 Å². The maximum absolute atomic E-state index is 12.3. The van der Waals surface area contributed by atoms with E-state index in [4.69, 9.17) is 4.74 Å². The highest BCUT2D eigenvalue weighted by Gasteiger charge is 2.26. The van der Waals surface area contributed by atoms with Crippen LogP contribution in [0.2, 0.25) is 0 Å². The summed E-state index contributed by atoms with van der Waals surface area (Å²) in [6.07, 6.45) is 1.02. The molecule has 0 bridgehead atoms. The highest BCUT2D eigenvalue weighted by Crippen LogP contribution is 2.21. The van der Waals surface area contributed by atoms with Gasteiger partial charge in [0.15, 0.2) is 0 Å². The summed E-state index contributed by atoms with van der Waals surface area (Å²) in [5.74, 6) is 0.253. The SMILES string of the molecule is CNC(C)c1ccc(S(=O)(=O)NCC2CCOC2C)cc1. The minimum atomic E-state index is -3.45. The number of hydrogen-bond acceptors (Lipinski definition) is 4. The van der Waals surface area contributed by atoms with Crippen LogP contribution in [0, 0.1) is 5.92 Å². The Hall–Kier alpha value is -0.950. The van der Waals surface area contributed by atoms with Crippen LogP contribution < -0.4 is 10.0 Å². The lowest BCUT2D eigenvalue weighted by Crippen LogP contribution is -2.32. The van der Waals surface area contributed by atoms with Gasteiger partial charge in [-0.1, -0.05) is 12.1 Å². The van der Waals surface area contributed by atoms with E-state index in [-0.39, 0.29) is 18.1 Å². The molecule has 2 rings (SSSR count). The molecule has 1 saturated heterocycles. The van der Waals surface area contributed by atoms with Crippen molar-refractivity contribution in [2.45, 2.75) is 37.3 Å². The van der Waals surface area contributed by atoms with Crippen molar-refractivity contribution < 1.29 is 13.2 Å². The molecule has 1 aliphatic rings. The molecule has 1 heterocycles. The lowest BCUT2D eigenvalue weighted by molar-refractivity contribution is 0.107. The van der Waals surface area contributed by atoms with Crippen molar-refractivity contribution in [1.29, 1.82) is 0 Å². The van der Waals surface area contributed by atoms with E-state index < -0.39 is 10.0 Å². The quantitative estimate of drug-likeness (QED) is 0.838. The molecule has 0 aliphatic carbocycles. The summed E-state index contributed by atoms with van der Waals surface area (Å²) in [6.45, 7) is 5.16. The van der Waals surface area contributed by atoms with E-state index in [1.807, 2.05) is 33.0 Å². The average Bonchev–Trinajstić information content (AvgIpc) is 2.90. The molecule has 0 amide bonds. The largest absolute Gasteiger partial charge is 0.378 e. The van der Waals surface area contributed by atoms with E-state index in [9.17, 15) is 8.42 Å². The first-order valence-corrected chi connectivity index (χ1v) is 8.81. The number of benzene rings is 1. The van der Waals surface area contributed by atoms with Crippen molar-refractivity contribution in [3.05, 3.63) is 29.8 Å². The van der Waals surface area contributed by atoms with Crippen LogP contribution in [0.25, 0.3) is 0 Å². The highest BCUT2D eigenvalue weighted by atomic mass is 32.2. The van der Waals surface area contributed by atoms with Gasteiger partial charge in [0.05, 0.1) is 11.0 Å². The molecule has 0 aromatic heterocycles. The standard InChI is InChI=1S/C15H24N2O3S/c1-11(16-3)13-4-6-15(7-5-13)21(18,19)17-10-14-8-9-20-12(14)2/h4-7,11-12,14,16-17H,8-10H2,1-3H3. The number of sulfonamides is 1. The molecule has 3 unspecified atom stereocenters. The van der Waals surface area contributed by atoms with Gasteiger partial charge in [-0.15, -0.1) is 0 Å². The molecule has 1 aromatic carbocycles. The van der Waals surface area contributed by atoms with E-state index in [1.165, 1.54) is 0 Å². The molecular weight excluding hydrogens is 288 g/mol. The lowest BCUT2D eigenvalue weighted by atomic mass is 10.0. The second-order valence-electron chi connectivity index (χ2n) is 5.56. The van der Waals surface area contributed by atoms with Gasteiger partial charge in [0.1, 0.15) is 0 Å². The van der Waals surface area contributed by atoms with Crippen molar-refractivity contribution in [2.75, 3.05) is 20.2 Å². The number of ether oxygens (including phenoxy) is 1. The van der Waals surface area contributed by atoms with Crippen LogP contribution >= 0.6 is 0 Å². The highest BCUT2D eigenvalue weighted by molar-refractivity contribution is 7.89. The normalized spacial score (nSPS) is 24.1. The van der Waals surface area contributed by atoms with E-state index in [0.717, 1.165) is 12.0 Å². The average molecular weight is 312 g/mol. The van der Waals surface area contributed by atoms with Crippen molar-refractivity contribution in [2.24, 2.45) is 5.92 Å². The zero-order valence-corrected chi connectivity index (χ0v) is 13.6. The van der Waals surface area contributed by atoms with Crippen molar-refractivity contribution in [3.8, 4) is 0 Å². The van der Waals surface area contributed by atoms with Gasteiger partial charge in [0, 0.05) is 25.1 Å². The molecular formula is C15H24N2O3S. The van der Waals surface area contributed by atoms with Crippen LogP contribution in [0.4, 0.5) is 0 Å². The van der Waals surface area contributed by atoms with Gasteiger partial charge >= 0.3 is 0 Å². The summed E-state index contributed by atoms with van der Waals surface area (Å²) < 4.78 is 32.7. The van der Waals surface area contributed by atoms with Crippen LogP contribution in [0.1, 0.15) is 31.9 Å². The Labute approximate surface area is 127 Å². The topological polar surface area (TPSA) is 67.4 Å². The Morgan fingerprint density at radius 3 is 2.52 bits per heavy atom. The van der Waals surface area contributed by atoms with Crippen LogP contribution in [0.3, 0.4) is 0 Å². The first-order valence-electron chi connectivity index (χ1n) is 7.32. The fourth-order valence-corrected chi connectivity index (χ4v) is 3.54. The monoisotopic (exact) mass is 312 g/mol. The molecule has 21 heavy (non-hydrogen) atoms. The predicted molar refractivity (Wildman–Crippen MR) is 82.6 cm³/mol. The van der Waals surface area contributed by atoms with Gasteiger partial charge in [0.2, 0.25) is 10.0 Å². The first-order chi connectivity index (χ1) is 9.94. The third-order valence-electron chi connectivity index (χ3n) is 4.19. The van der Waals surface area contributed by atoms with Crippen molar-refractivity contribution in [1.82, 2.24) is 10.0 Å². The van der Waals surface area contributed by atoms with Crippen LogP contribution in [-0.4, -0.2) is 34.7 Å². The van der Waals surface area contributed by atoms with Crippen LogP contribution in [0.15, 0.2) is 29.2 Å². The minimum Gasteiger partial charge on any atom is -0.378 e. The summed E-state index contributed by atoms with van der Waals surface area (Å²) >= 11 is 0. The third kappa shape index (κ3) is 4.03. The zero-order valence-electron chi connectivity index (χ0n) is 12.8. The van der Waals surface area contributed by atoms with Gasteiger partial charge in [-0.05, 0) is 45.0 Å². The Balaban J connectivity index is 2.02. The number of hydrogen-bond donors (Lipinski definition) is 2. The van der Waals surface area contributed by atoms with Crippen molar-refractivity contribution in [3.63, 3.8) is 0 Å². The fourth-order valence-electron chi connectivity index (χ4n) is 2.45. The summed E-state index contributed by atoms with van der Waals surface area (Å²) in [5, 5.41) is 3.13. The van der Waals surface area contributed by atoms with Crippen LogP contribution in [-0.2, 0) is 14.8 Å². The van der Waals surface area contributed by atoms with Gasteiger partial charge in [0.25, 0.3) is 0 Å². The van der Waals surface area contributed by atoms with Gasteiger partial charge < -0.3 is 10.1 Å². The molecule has 118 valence electrons. The maximum atomic E-state index is 12.3.